The minimum absolute atomic E-state index is 0.0434. The lowest BCUT2D eigenvalue weighted by molar-refractivity contribution is 0.0643. The SMILES string of the molecule is Cc1nn(C)cc1C(=O)N1[C@H]2CC[C@@H]1c1cnc(N3CCC[C@H](O)C3)nc1C2. The molecule has 5 rings (SSSR count). The predicted molar refractivity (Wildman–Crippen MR) is 103 cm³/mol. The zero-order valence-corrected chi connectivity index (χ0v) is 16.4. The van der Waals surface area contributed by atoms with Gasteiger partial charge in [-0.25, -0.2) is 9.97 Å². The van der Waals surface area contributed by atoms with Gasteiger partial charge in [-0.3, -0.25) is 9.48 Å². The van der Waals surface area contributed by atoms with Crippen molar-refractivity contribution in [2.75, 3.05) is 18.0 Å². The van der Waals surface area contributed by atoms with Crippen LogP contribution in [0.2, 0.25) is 0 Å². The highest BCUT2D eigenvalue weighted by Crippen LogP contribution is 2.44. The number of fused-ring (bicyclic) bond motifs is 4. The van der Waals surface area contributed by atoms with Crippen molar-refractivity contribution in [3.8, 4) is 0 Å². The minimum Gasteiger partial charge on any atom is -0.391 e. The molecular weight excluding hydrogens is 356 g/mol. The second-order valence-electron chi connectivity index (χ2n) is 8.28. The lowest BCUT2D eigenvalue weighted by Gasteiger charge is -2.36. The maximum atomic E-state index is 13.3. The summed E-state index contributed by atoms with van der Waals surface area (Å²) in [5.41, 5.74) is 3.59. The van der Waals surface area contributed by atoms with Crippen LogP contribution in [0.3, 0.4) is 0 Å². The number of aromatic nitrogens is 4. The number of rotatable bonds is 2. The molecule has 3 aliphatic rings. The molecule has 148 valence electrons. The summed E-state index contributed by atoms with van der Waals surface area (Å²) >= 11 is 0. The molecule has 3 aliphatic heterocycles. The van der Waals surface area contributed by atoms with Crippen LogP contribution in [-0.4, -0.2) is 60.9 Å². The first-order valence-electron chi connectivity index (χ1n) is 10.1. The van der Waals surface area contributed by atoms with Crippen molar-refractivity contribution in [3.63, 3.8) is 0 Å². The Hall–Kier alpha value is -2.48. The zero-order chi connectivity index (χ0) is 19.4. The largest absolute Gasteiger partial charge is 0.391 e. The Kier molecular flexibility index (Phi) is 4.12. The van der Waals surface area contributed by atoms with Crippen molar-refractivity contribution in [2.24, 2.45) is 7.05 Å². The standard InChI is InChI=1S/C20H26N6O2/c1-12-16(11-24(2)23-12)19(28)26-13-5-6-18(26)15-9-21-20(22-17(15)8-13)25-7-3-4-14(27)10-25/h9,11,13-14,18,27H,3-8,10H2,1-2H3/t13-,14-,18+/m0/s1. The summed E-state index contributed by atoms with van der Waals surface area (Å²) in [6.45, 7) is 3.36. The summed E-state index contributed by atoms with van der Waals surface area (Å²) in [5, 5.41) is 14.3. The van der Waals surface area contributed by atoms with Gasteiger partial charge in [-0.15, -0.1) is 0 Å². The quantitative estimate of drug-likeness (QED) is 0.844. The highest BCUT2D eigenvalue weighted by atomic mass is 16.3. The van der Waals surface area contributed by atoms with E-state index < -0.39 is 0 Å². The number of nitrogens with zero attached hydrogens (tertiary/aromatic N) is 6. The third-order valence-electron chi connectivity index (χ3n) is 6.34. The van der Waals surface area contributed by atoms with Crippen LogP contribution in [0.25, 0.3) is 0 Å². The number of carbonyl (C=O) groups excluding carboxylic acids is 1. The molecule has 2 fully saturated rings. The van der Waals surface area contributed by atoms with Gasteiger partial charge < -0.3 is 14.9 Å². The van der Waals surface area contributed by atoms with Crippen molar-refractivity contribution < 1.29 is 9.90 Å². The Morgan fingerprint density at radius 2 is 2.14 bits per heavy atom. The molecular formula is C20H26N6O2. The molecule has 1 amide bonds. The summed E-state index contributed by atoms with van der Waals surface area (Å²) in [6, 6.07) is 0.223. The second-order valence-corrected chi connectivity index (χ2v) is 8.28. The van der Waals surface area contributed by atoms with E-state index in [0.29, 0.717) is 18.1 Å². The van der Waals surface area contributed by atoms with Crippen LogP contribution in [0.1, 0.15) is 59.0 Å². The van der Waals surface area contributed by atoms with E-state index in [1.54, 1.807) is 4.68 Å². The molecule has 1 N–H and O–H groups in total. The van der Waals surface area contributed by atoms with E-state index in [1.807, 2.05) is 31.3 Å². The fourth-order valence-electron chi connectivity index (χ4n) is 5.01. The van der Waals surface area contributed by atoms with Crippen LogP contribution in [0.5, 0.6) is 0 Å². The van der Waals surface area contributed by atoms with Gasteiger partial charge in [0.15, 0.2) is 0 Å². The molecule has 8 nitrogen and oxygen atoms in total. The number of hydrogen-bond donors (Lipinski definition) is 1. The Morgan fingerprint density at radius 3 is 2.89 bits per heavy atom. The average Bonchev–Trinajstić information content (AvgIpc) is 3.18. The topological polar surface area (TPSA) is 87.4 Å². The molecule has 0 radical (unpaired) electrons. The van der Waals surface area contributed by atoms with Crippen molar-refractivity contribution in [1.29, 1.82) is 0 Å². The van der Waals surface area contributed by atoms with E-state index in [2.05, 4.69) is 15.0 Å². The number of carbonyl (C=O) groups is 1. The first-order valence-corrected chi connectivity index (χ1v) is 10.1. The Labute approximate surface area is 164 Å². The molecule has 2 aromatic heterocycles. The van der Waals surface area contributed by atoms with Gasteiger partial charge in [-0.2, -0.15) is 5.10 Å². The van der Waals surface area contributed by atoms with Gasteiger partial charge in [0.1, 0.15) is 0 Å². The van der Waals surface area contributed by atoms with Crippen LogP contribution in [0.4, 0.5) is 5.95 Å². The normalized spacial score (nSPS) is 26.5. The number of aliphatic hydroxyl groups excluding tert-OH is 1. The maximum absolute atomic E-state index is 13.3. The summed E-state index contributed by atoms with van der Waals surface area (Å²) < 4.78 is 1.70. The highest BCUT2D eigenvalue weighted by Gasteiger charge is 2.44. The van der Waals surface area contributed by atoms with Crippen LogP contribution in [0, 0.1) is 6.92 Å². The van der Waals surface area contributed by atoms with E-state index in [9.17, 15) is 9.90 Å². The van der Waals surface area contributed by atoms with E-state index >= 15 is 0 Å². The number of aryl methyl sites for hydroxylation is 2. The Morgan fingerprint density at radius 1 is 1.29 bits per heavy atom. The fourth-order valence-corrected chi connectivity index (χ4v) is 5.01. The third-order valence-corrected chi connectivity index (χ3v) is 6.34. The Bertz CT molecular complexity index is 925. The van der Waals surface area contributed by atoms with Crippen molar-refractivity contribution in [3.05, 3.63) is 34.9 Å². The number of β-amino-alcohol motifs (C(OH)–C–C–N with tert-alkyl or cyclic N) is 1. The first kappa shape index (κ1) is 17.6. The van der Waals surface area contributed by atoms with Gasteiger partial charge in [0.2, 0.25) is 5.95 Å². The average molecular weight is 382 g/mol. The van der Waals surface area contributed by atoms with Crippen LogP contribution < -0.4 is 4.90 Å². The summed E-state index contributed by atoms with van der Waals surface area (Å²) in [6.07, 6.45) is 7.92. The zero-order valence-electron chi connectivity index (χ0n) is 16.4. The third kappa shape index (κ3) is 2.78. The van der Waals surface area contributed by atoms with Gasteiger partial charge >= 0.3 is 0 Å². The van der Waals surface area contributed by atoms with Crippen LogP contribution >= 0.6 is 0 Å². The molecule has 28 heavy (non-hydrogen) atoms. The molecule has 8 heteroatoms. The molecule has 2 saturated heterocycles. The van der Waals surface area contributed by atoms with E-state index in [0.717, 1.165) is 55.6 Å². The van der Waals surface area contributed by atoms with E-state index in [4.69, 9.17) is 4.98 Å². The lowest BCUT2D eigenvalue weighted by Crippen LogP contribution is -2.43. The Balaban J connectivity index is 1.44. The molecule has 0 aliphatic carbocycles. The molecule has 0 spiro atoms. The van der Waals surface area contributed by atoms with Crippen LogP contribution in [-0.2, 0) is 13.5 Å². The summed E-state index contributed by atoms with van der Waals surface area (Å²) in [7, 11) is 1.84. The molecule has 0 saturated carbocycles. The number of anilines is 1. The van der Waals surface area contributed by atoms with Crippen LogP contribution in [0.15, 0.2) is 12.4 Å². The molecule has 0 aromatic carbocycles. The van der Waals surface area contributed by atoms with Crippen molar-refractivity contribution in [2.45, 2.75) is 57.2 Å². The molecule has 2 bridgehead atoms. The molecule has 3 atom stereocenters. The lowest BCUT2D eigenvalue weighted by atomic mass is 9.98. The number of aliphatic hydroxyl groups is 1. The van der Waals surface area contributed by atoms with Crippen molar-refractivity contribution in [1.82, 2.24) is 24.6 Å². The summed E-state index contributed by atoms with van der Waals surface area (Å²) in [4.78, 5) is 26.8. The van der Waals surface area contributed by atoms with Gasteiger partial charge in [0, 0.05) is 50.6 Å². The predicted octanol–water partition coefficient (Wildman–Crippen LogP) is 1.38. The molecule has 0 unspecified atom stereocenters. The van der Waals surface area contributed by atoms with Gasteiger partial charge in [-0.05, 0) is 32.6 Å². The van der Waals surface area contributed by atoms with Gasteiger partial charge in [0.05, 0.1) is 29.1 Å². The second kappa shape index (κ2) is 6.55. The number of piperidine rings is 1. The van der Waals surface area contributed by atoms with E-state index in [1.165, 1.54) is 0 Å². The molecule has 5 heterocycles. The highest BCUT2D eigenvalue weighted by molar-refractivity contribution is 5.96. The van der Waals surface area contributed by atoms with Crippen molar-refractivity contribution >= 4 is 11.9 Å². The maximum Gasteiger partial charge on any atom is 0.258 e. The monoisotopic (exact) mass is 382 g/mol. The smallest absolute Gasteiger partial charge is 0.258 e. The summed E-state index contributed by atoms with van der Waals surface area (Å²) in [5.74, 6) is 0.770. The fraction of sp³-hybridized carbons (Fsp3) is 0.600. The van der Waals surface area contributed by atoms with E-state index in [-0.39, 0.29) is 24.1 Å². The molecule has 2 aromatic rings. The number of hydrogen-bond acceptors (Lipinski definition) is 6. The number of amides is 1. The van der Waals surface area contributed by atoms with Gasteiger partial charge in [0.25, 0.3) is 5.91 Å². The first-order chi connectivity index (χ1) is 13.5. The van der Waals surface area contributed by atoms with Gasteiger partial charge in [-0.1, -0.05) is 0 Å². The minimum atomic E-state index is -0.305.